The number of fused-ring (bicyclic) bond motifs is 1. The van der Waals surface area contributed by atoms with E-state index in [1.807, 2.05) is 13.8 Å². The SMILES string of the molecule is CC(C)n1c(=O)cc(N[C@@H](C)c2cccc3c2CCCC3)[nH]c1=O. The van der Waals surface area contributed by atoms with Gasteiger partial charge in [0.25, 0.3) is 5.56 Å². The molecule has 0 aliphatic heterocycles. The van der Waals surface area contributed by atoms with Crippen LogP contribution in [-0.4, -0.2) is 9.55 Å². The van der Waals surface area contributed by atoms with Crippen molar-refractivity contribution in [1.29, 1.82) is 0 Å². The second kappa shape index (κ2) is 6.67. The molecule has 0 amide bonds. The van der Waals surface area contributed by atoms with E-state index in [4.69, 9.17) is 0 Å². The van der Waals surface area contributed by atoms with Crippen molar-refractivity contribution in [3.05, 3.63) is 61.8 Å². The van der Waals surface area contributed by atoms with E-state index in [1.165, 1.54) is 40.2 Å². The number of hydrogen-bond acceptors (Lipinski definition) is 3. The first-order valence-electron chi connectivity index (χ1n) is 8.70. The lowest BCUT2D eigenvalue weighted by Crippen LogP contribution is -2.36. The van der Waals surface area contributed by atoms with E-state index in [0.717, 1.165) is 12.8 Å². The van der Waals surface area contributed by atoms with Gasteiger partial charge in [-0.15, -0.1) is 0 Å². The first-order chi connectivity index (χ1) is 11.5. The summed E-state index contributed by atoms with van der Waals surface area (Å²) in [4.78, 5) is 27.1. The highest BCUT2D eigenvalue weighted by Gasteiger charge is 2.17. The minimum Gasteiger partial charge on any atom is -0.365 e. The van der Waals surface area contributed by atoms with Gasteiger partial charge in [-0.1, -0.05) is 18.2 Å². The molecule has 0 spiro atoms. The molecular weight excluding hydrogens is 302 g/mol. The Hall–Kier alpha value is -2.30. The van der Waals surface area contributed by atoms with Crippen LogP contribution >= 0.6 is 0 Å². The second-order valence-electron chi connectivity index (χ2n) is 6.85. The standard InChI is InChI=1S/C19H25N3O2/c1-12(2)22-18(23)11-17(21-19(22)24)20-13(3)15-10-6-8-14-7-4-5-9-16(14)15/h6,8,10-13,20H,4-5,7,9H2,1-3H3,(H,21,24)/t13-/m0/s1. The van der Waals surface area contributed by atoms with Crippen molar-refractivity contribution in [3.63, 3.8) is 0 Å². The highest BCUT2D eigenvalue weighted by molar-refractivity contribution is 5.43. The van der Waals surface area contributed by atoms with Gasteiger partial charge < -0.3 is 5.32 Å². The Balaban J connectivity index is 1.90. The van der Waals surface area contributed by atoms with Gasteiger partial charge >= 0.3 is 5.69 Å². The van der Waals surface area contributed by atoms with Crippen LogP contribution in [0.2, 0.25) is 0 Å². The van der Waals surface area contributed by atoms with E-state index in [-0.39, 0.29) is 23.3 Å². The van der Waals surface area contributed by atoms with Gasteiger partial charge in [0.1, 0.15) is 5.82 Å². The molecule has 5 heteroatoms. The third-order valence-electron chi connectivity index (χ3n) is 4.75. The zero-order valence-corrected chi connectivity index (χ0v) is 14.6. The molecule has 0 fully saturated rings. The van der Waals surface area contributed by atoms with Crippen molar-refractivity contribution in [2.45, 2.75) is 58.5 Å². The van der Waals surface area contributed by atoms with E-state index < -0.39 is 0 Å². The molecule has 0 radical (unpaired) electrons. The first kappa shape index (κ1) is 16.6. The van der Waals surface area contributed by atoms with E-state index in [0.29, 0.717) is 5.82 Å². The Bertz CT molecular complexity index is 817. The van der Waals surface area contributed by atoms with Crippen LogP contribution in [0.5, 0.6) is 0 Å². The molecule has 2 aromatic rings. The molecule has 1 aliphatic rings. The van der Waals surface area contributed by atoms with Gasteiger partial charge in [-0.25, -0.2) is 4.79 Å². The number of nitrogens with zero attached hydrogens (tertiary/aromatic N) is 1. The predicted molar refractivity (Wildman–Crippen MR) is 96.8 cm³/mol. The molecule has 0 bridgehead atoms. The Morgan fingerprint density at radius 1 is 1.12 bits per heavy atom. The van der Waals surface area contributed by atoms with Crippen LogP contribution in [0.25, 0.3) is 0 Å². The van der Waals surface area contributed by atoms with E-state index in [2.05, 4.69) is 35.4 Å². The molecule has 24 heavy (non-hydrogen) atoms. The quantitative estimate of drug-likeness (QED) is 0.906. The summed E-state index contributed by atoms with van der Waals surface area (Å²) in [5.74, 6) is 0.475. The van der Waals surface area contributed by atoms with Crippen molar-refractivity contribution in [2.24, 2.45) is 0 Å². The largest absolute Gasteiger partial charge is 0.365 e. The van der Waals surface area contributed by atoms with Crippen molar-refractivity contribution >= 4 is 5.82 Å². The summed E-state index contributed by atoms with van der Waals surface area (Å²) in [5.41, 5.74) is 3.44. The van der Waals surface area contributed by atoms with Gasteiger partial charge in [0.05, 0.1) is 6.04 Å². The number of anilines is 1. The molecule has 1 heterocycles. The number of hydrogen-bond donors (Lipinski definition) is 2. The summed E-state index contributed by atoms with van der Waals surface area (Å²) in [6, 6.07) is 7.77. The molecule has 5 nitrogen and oxygen atoms in total. The van der Waals surface area contributed by atoms with Gasteiger partial charge in [0, 0.05) is 12.1 Å². The number of aryl methyl sites for hydroxylation is 1. The summed E-state index contributed by atoms with van der Waals surface area (Å²) >= 11 is 0. The molecule has 2 N–H and O–H groups in total. The van der Waals surface area contributed by atoms with Gasteiger partial charge in [0.15, 0.2) is 0 Å². The minimum absolute atomic E-state index is 0.0306. The summed E-state index contributed by atoms with van der Waals surface area (Å²) in [6.45, 7) is 5.71. The van der Waals surface area contributed by atoms with Crippen LogP contribution in [-0.2, 0) is 12.8 Å². The number of H-pyrrole nitrogens is 1. The van der Waals surface area contributed by atoms with Crippen LogP contribution in [0, 0.1) is 0 Å². The summed E-state index contributed by atoms with van der Waals surface area (Å²) in [5, 5.41) is 3.29. The van der Waals surface area contributed by atoms with Crippen LogP contribution in [0.15, 0.2) is 33.9 Å². The maximum Gasteiger partial charge on any atom is 0.330 e. The Kier molecular flexibility index (Phi) is 4.60. The normalized spacial score (nSPS) is 15.2. The molecule has 0 saturated carbocycles. The zero-order chi connectivity index (χ0) is 17.3. The fraction of sp³-hybridized carbons (Fsp3) is 0.474. The van der Waals surface area contributed by atoms with E-state index in [9.17, 15) is 9.59 Å². The van der Waals surface area contributed by atoms with Crippen molar-refractivity contribution < 1.29 is 0 Å². The molecule has 3 rings (SSSR count). The Morgan fingerprint density at radius 3 is 2.58 bits per heavy atom. The number of aromatic nitrogens is 2. The van der Waals surface area contributed by atoms with Crippen LogP contribution in [0.4, 0.5) is 5.82 Å². The first-order valence-corrected chi connectivity index (χ1v) is 8.70. The molecule has 1 aliphatic carbocycles. The number of nitrogens with one attached hydrogen (secondary N) is 2. The maximum atomic E-state index is 12.2. The molecule has 128 valence electrons. The van der Waals surface area contributed by atoms with Crippen LogP contribution in [0.3, 0.4) is 0 Å². The lowest BCUT2D eigenvalue weighted by atomic mass is 9.86. The van der Waals surface area contributed by atoms with Crippen LogP contribution in [0.1, 0.15) is 62.4 Å². The van der Waals surface area contributed by atoms with Gasteiger partial charge in [-0.2, -0.15) is 0 Å². The third-order valence-corrected chi connectivity index (χ3v) is 4.75. The maximum absolute atomic E-state index is 12.2. The smallest absolute Gasteiger partial charge is 0.330 e. The number of aromatic amines is 1. The molecular formula is C19H25N3O2. The van der Waals surface area contributed by atoms with Crippen LogP contribution < -0.4 is 16.6 Å². The van der Waals surface area contributed by atoms with E-state index >= 15 is 0 Å². The number of rotatable bonds is 4. The highest BCUT2D eigenvalue weighted by atomic mass is 16.2. The summed E-state index contributed by atoms with van der Waals surface area (Å²) in [7, 11) is 0. The average molecular weight is 327 g/mol. The zero-order valence-electron chi connectivity index (χ0n) is 14.6. The second-order valence-corrected chi connectivity index (χ2v) is 6.85. The average Bonchev–Trinajstić information content (AvgIpc) is 2.53. The third kappa shape index (κ3) is 3.16. The van der Waals surface area contributed by atoms with Gasteiger partial charge in [-0.05, 0) is 63.1 Å². The molecule has 0 saturated heterocycles. The monoisotopic (exact) mass is 327 g/mol. The topological polar surface area (TPSA) is 66.9 Å². The molecule has 1 aromatic heterocycles. The summed E-state index contributed by atoms with van der Waals surface area (Å²) in [6.07, 6.45) is 4.71. The lowest BCUT2D eigenvalue weighted by molar-refractivity contribution is 0.546. The summed E-state index contributed by atoms with van der Waals surface area (Å²) < 4.78 is 1.22. The fourth-order valence-electron chi connectivity index (χ4n) is 3.60. The Labute approximate surface area is 141 Å². The lowest BCUT2D eigenvalue weighted by Gasteiger charge is -2.24. The van der Waals surface area contributed by atoms with Crippen molar-refractivity contribution in [3.8, 4) is 0 Å². The number of benzene rings is 1. The van der Waals surface area contributed by atoms with E-state index in [1.54, 1.807) is 0 Å². The Morgan fingerprint density at radius 2 is 1.88 bits per heavy atom. The molecule has 1 aromatic carbocycles. The molecule has 0 unspecified atom stereocenters. The van der Waals surface area contributed by atoms with Gasteiger partial charge in [-0.3, -0.25) is 14.3 Å². The highest BCUT2D eigenvalue weighted by Crippen LogP contribution is 2.29. The molecule has 1 atom stereocenters. The van der Waals surface area contributed by atoms with Crippen molar-refractivity contribution in [2.75, 3.05) is 5.32 Å². The van der Waals surface area contributed by atoms with Gasteiger partial charge in [0.2, 0.25) is 0 Å². The fourth-order valence-corrected chi connectivity index (χ4v) is 3.60. The van der Waals surface area contributed by atoms with Crippen molar-refractivity contribution in [1.82, 2.24) is 9.55 Å². The predicted octanol–water partition coefficient (Wildman–Crippen LogP) is 3.17. The minimum atomic E-state index is -0.373.